The Morgan fingerprint density at radius 2 is 2.06 bits per heavy atom. The average Bonchev–Trinajstić information content (AvgIpc) is 2.91. The van der Waals surface area contributed by atoms with E-state index in [0.29, 0.717) is 17.5 Å². The van der Waals surface area contributed by atoms with Gasteiger partial charge in [-0.05, 0) is 19.1 Å². The number of halogens is 1. The largest absolute Gasteiger partial charge is 0.451 e. The summed E-state index contributed by atoms with van der Waals surface area (Å²) < 4.78 is 11.2. The van der Waals surface area contributed by atoms with Crippen molar-refractivity contribution in [1.82, 2.24) is 4.98 Å². The van der Waals surface area contributed by atoms with Crippen LogP contribution in [0.3, 0.4) is 0 Å². The van der Waals surface area contributed by atoms with E-state index in [2.05, 4.69) is 4.98 Å². The van der Waals surface area contributed by atoms with E-state index in [-0.39, 0.29) is 0 Å². The maximum atomic E-state index is 5.76. The summed E-state index contributed by atoms with van der Waals surface area (Å²) in [7, 11) is 0. The number of para-hydroxylation sites is 1. The number of aromatic nitrogens is 1. The lowest BCUT2D eigenvalue weighted by atomic mass is 10.2. The van der Waals surface area contributed by atoms with Crippen molar-refractivity contribution in [3.05, 3.63) is 41.8 Å². The first kappa shape index (κ1) is 10.4. The molecule has 2 heterocycles. The van der Waals surface area contributed by atoms with Crippen molar-refractivity contribution in [2.45, 2.75) is 12.8 Å². The minimum Gasteiger partial charge on any atom is -0.451 e. The van der Waals surface area contributed by atoms with E-state index in [4.69, 9.17) is 20.4 Å². The van der Waals surface area contributed by atoms with Gasteiger partial charge in [-0.2, -0.15) is 0 Å². The quantitative estimate of drug-likeness (QED) is 0.639. The van der Waals surface area contributed by atoms with Crippen molar-refractivity contribution in [2.75, 3.05) is 0 Å². The average molecular weight is 248 g/mol. The summed E-state index contributed by atoms with van der Waals surface area (Å²) in [5, 5.41) is 1.03. The molecule has 0 radical (unpaired) electrons. The molecular weight excluding hydrogens is 238 g/mol. The van der Waals surface area contributed by atoms with Crippen LogP contribution in [0.15, 0.2) is 39.2 Å². The van der Waals surface area contributed by atoms with Gasteiger partial charge in [-0.1, -0.05) is 18.2 Å². The molecule has 1 aromatic carbocycles. The minimum absolute atomic E-state index is 0.343. The fraction of sp³-hybridized carbons (Fsp3) is 0.154. The number of benzene rings is 1. The second-order valence-electron chi connectivity index (χ2n) is 3.80. The fourth-order valence-electron chi connectivity index (χ4n) is 1.74. The summed E-state index contributed by atoms with van der Waals surface area (Å²) in [5.74, 6) is 2.19. The van der Waals surface area contributed by atoms with E-state index in [1.807, 2.05) is 37.3 Å². The molecule has 0 spiro atoms. The predicted molar refractivity (Wildman–Crippen MR) is 66.0 cm³/mol. The number of alkyl halides is 1. The van der Waals surface area contributed by atoms with E-state index in [1.54, 1.807) is 0 Å². The van der Waals surface area contributed by atoms with Gasteiger partial charge < -0.3 is 8.83 Å². The zero-order valence-corrected chi connectivity index (χ0v) is 9.99. The van der Waals surface area contributed by atoms with Gasteiger partial charge in [0.15, 0.2) is 5.76 Å². The smallest absolute Gasteiger partial charge is 0.263 e. The molecule has 86 valence electrons. The lowest BCUT2D eigenvalue weighted by Gasteiger charge is -1.86. The van der Waals surface area contributed by atoms with Crippen LogP contribution in [0.5, 0.6) is 0 Å². The van der Waals surface area contributed by atoms with Crippen LogP contribution in [0.25, 0.3) is 22.6 Å². The SMILES string of the molecule is Cc1oc(-c2cc3ccccc3o2)nc1CCl. The first-order valence-electron chi connectivity index (χ1n) is 5.29. The molecule has 0 saturated heterocycles. The maximum Gasteiger partial charge on any atom is 0.263 e. The van der Waals surface area contributed by atoms with Gasteiger partial charge in [0.2, 0.25) is 0 Å². The molecule has 0 aliphatic heterocycles. The lowest BCUT2D eigenvalue weighted by molar-refractivity contribution is 0.511. The van der Waals surface area contributed by atoms with Crippen LogP contribution in [0.4, 0.5) is 0 Å². The van der Waals surface area contributed by atoms with Crippen LogP contribution in [-0.2, 0) is 5.88 Å². The number of aryl methyl sites for hydroxylation is 1. The molecule has 0 aliphatic rings. The normalized spacial score (nSPS) is 11.2. The summed E-state index contributed by atoms with van der Waals surface area (Å²) in [6.45, 7) is 1.84. The summed E-state index contributed by atoms with van der Waals surface area (Å²) in [5.41, 5.74) is 1.58. The van der Waals surface area contributed by atoms with E-state index >= 15 is 0 Å². The Kier molecular flexibility index (Phi) is 2.41. The molecule has 0 aliphatic carbocycles. The van der Waals surface area contributed by atoms with E-state index in [9.17, 15) is 0 Å². The van der Waals surface area contributed by atoms with Crippen molar-refractivity contribution in [2.24, 2.45) is 0 Å². The van der Waals surface area contributed by atoms with Gasteiger partial charge in [0, 0.05) is 5.39 Å². The lowest BCUT2D eigenvalue weighted by Crippen LogP contribution is -1.79. The summed E-state index contributed by atoms with van der Waals surface area (Å²) in [6, 6.07) is 9.71. The Balaban J connectivity index is 2.13. The second-order valence-corrected chi connectivity index (χ2v) is 4.07. The molecule has 4 heteroatoms. The van der Waals surface area contributed by atoms with E-state index in [0.717, 1.165) is 22.4 Å². The number of hydrogen-bond donors (Lipinski definition) is 0. The second kappa shape index (κ2) is 3.93. The topological polar surface area (TPSA) is 39.2 Å². The third-order valence-corrected chi connectivity index (χ3v) is 2.91. The molecule has 0 N–H and O–H groups in total. The molecule has 0 amide bonds. The highest BCUT2D eigenvalue weighted by atomic mass is 35.5. The number of nitrogens with zero attached hydrogens (tertiary/aromatic N) is 1. The van der Waals surface area contributed by atoms with Gasteiger partial charge in [-0.25, -0.2) is 4.98 Å². The molecular formula is C13H10ClNO2. The van der Waals surface area contributed by atoms with Crippen LogP contribution in [-0.4, -0.2) is 4.98 Å². The molecule has 17 heavy (non-hydrogen) atoms. The highest BCUT2D eigenvalue weighted by Gasteiger charge is 2.14. The van der Waals surface area contributed by atoms with E-state index < -0.39 is 0 Å². The highest BCUT2D eigenvalue weighted by molar-refractivity contribution is 6.17. The zero-order valence-electron chi connectivity index (χ0n) is 9.24. The predicted octanol–water partition coefficient (Wildman–Crippen LogP) is 4.14. The molecule has 0 bridgehead atoms. The standard InChI is InChI=1S/C13H10ClNO2/c1-8-10(7-14)15-13(16-8)12-6-9-4-2-3-5-11(9)17-12/h2-6H,7H2,1H3. The number of rotatable bonds is 2. The van der Waals surface area contributed by atoms with Crippen LogP contribution < -0.4 is 0 Å². The van der Waals surface area contributed by atoms with Crippen LogP contribution in [0.1, 0.15) is 11.5 Å². The highest BCUT2D eigenvalue weighted by Crippen LogP contribution is 2.28. The van der Waals surface area contributed by atoms with Crippen LogP contribution in [0.2, 0.25) is 0 Å². The first-order chi connectivity index (χ1) is 8.28. The minimum atomic E-state index is 0.343. The maximum absolute atomic E-state index is 5.76. The first-order valence-corrected chi connectivity index (χ1v) is 5.82. The molecule has 0 atom stereocenters. The number of oxazole rings is 1. The Labute approximate surface area is 103 Å². The Bertz CT molecular complexity index is 636. The van der Waals surface area contributed by atoms with Gasteiger partial charge in [-0.3, -0.25) is 0 Å². The van der Waals surface area contributed by atoms with Gasteiger partial charge >= 0.3 is 0 Å². The van der Waals surface area contributed by atoms with Crippen molar-refractivity contribution >= 4 is 22.6 Å². The van der Waals surface area contributed by atoms with Crippen molar-refractivity contribution in [1.29, 1.82) is 0 Å². The van der Waals surface area contributed by atoms with Gasteiger partial charge in [0.25, 0.3) is 5.89 Å². The van der Waals surface area contributed by atoms with Gasteiger partial charge in [0.05, 0.1) is 11.6 Å². The van der Waals surface area contributed by atoms with Crippen molar-refractivity contribution in [3.8, 4) is 11.7 Å². The molecule has 3 aromatic rings. The molecule has 0 fully saturated rings. The third-order valence-electron chi connectivity index (χ3n) is 2.66. The summed E-state index contributed by atoms with van der Waals surface area (Å²) in [6.07, 6.45) is 0. The molecule has 0 unspecified atom stereocenters. The molecule has 3 nitrogen and oxygen atoms in total. The molecule has 3 rings (SSSR count). The van der Waals surface area contributed by atoms with Gasteiger partial charge in [0.1, 0.15) is 11.3 Å². The van der Waals surface area contributed by atoms with Crippen LogP contribution in [0, 0.1) is 6.92 Å². The summed E-state index contributed by atoms with van der Waals surface area (Å²) >= 11 is 5.76. The zero-order chi connectivity index (χ0) is 11.8. The fourth-order valence-corrected chi connectivity index (χ4v) is 1.99. The molecule has 2 aromatic heterocycles. The van der Waals surface area contributed by atoms with Crippen LogP contribution >= 0.6 is 11.6 Å². The molecule has 0 saturated carbocycles. The number of furan rings is 1. The Morgan fingerprint density at radius 1 is 1.24 bits per heavy atom. The summed E-state index contributed by atoms with van der Waals surface area (Å²) in [4.78, 5) is 4.30. The monoisotopic (exact) mass is 247 g/mol. The van der Waals surface area contributed by atoms with Gasteiger partial charge in [-0.15, -0.1) is 11.6 Å². The number of fused-ring (bicyclic) bond motifs is 1. The Hall–Kier alpha value is -1.74. The Morgan fingerprint density at radius 3 is 2.76 bits per heavy atom. The third kappa shape index (κ3) is 1.72. The van der Waals surface area contributed by atoms with Crippen molar-refractivity contribution in [3.63, 3.8) is 0 Å². The number of hydrogen-bond acceptors (Lipinski definition) is 3. The van der Waals surface area contributed by atoms with E-state index in [1.165, 1.54) is 0 Å². The van der Waals surface area contributed by atoms with Crippen molar-refractivity contribution < 1.29 is 8.83 Å².